The van der Waals surface area contributed by atoms with Gasteiger partial charge in [-0.05, 0) is 13.0 Å². The number of nitrogens with zero attached hydrogens (tertiary/aromatic N) is 2. The Kier molecular flexibility index (Phi) is 2.71. The minimum atomic E-state index is -0.445. The normalized spacial score (nSPS) is 19.3. The SMILES string of the molecule is C[C@@H]1CC(=O)N(C)c2ccc([N+](=O)[O-])cc2N1. The molecule has 17 heavy (non-hydrogen) atoms. The van der Waals surface area contributed by atoms with Crippen LogP contribution < -0.4 is 10.2 Å². The molecule has 1 amide bonds. The summed E-state index contributed by atoms with van der Waals surface area (Å²) in [5.74, 6) is -0.00222. The molecule has 0 spiro atoms. The van der Waals surface area contributed by atoms with Crippen LogP contribution in [-0.4, -0.2) is 23.9 Å². The Morgan fingerprint density at radius 2 is 2.24 bits per heavy atom. The second kappa shape index (κ2) is 4.04. The Morgan fingerprint density at radius 3 is 2.88 bits per heavy atom. The molecule has 0 aromatic heterocycles. The van der Waals surface area contributed by atoms with Crippen molar-refractivity contribution in [3.8, 4) is 0 Å². The Morgan fingerprint density at radius 1 is 1.53 bits per heavy atom. The summed E-state index contributed by atoms with van der Waals surface area (Å²) >= 11 is 0. The van der Waals surface area contributed by atoms with Gasteiger partial charge in [0.2, 0.25) is 5.91 Å². The van der Waals surface area contributed by atoms with Gasteiger partial charge in [0.25, 0.3) is 5.69 Å². The third-order valence-corrected chi connectivity index (χ3v) is 2.81. The van der Waals surface area contributed by atoms with Gasteiger partial charge in [0.15, 0.2) is 0 Å². The molecule has 0 bridgehead atoms. The van der Waals surface area contributed by atoms with E-state index in [0.29, 0.717) is 17.8 Å². The smallest absolute Gasteiger partial charge is 0.271 e. The standard InChI is InChI=1S/C11H13N3O3/c1-7-5-11(15)13(2)10-4-3-8(14(16)17)6-9(10)12-7/h3-4,6-7,12H,5H2,1-2H3/t7-/m1/s1. The van der Waals surface area contributed by atoms with Crippen LogP contribution in [0.4, 0.5) is 17.1 Å². The number of carbonyl (C=O) groups excluding carboxylic acids is 1. The zero-order valence-electron chi connectivity index (χ0n) is 9.64. The number of anilines is 2. The molecule has 1 aromatic carbocycles. The summed E-state index contributed by atoms with van der Waals surface area (Å²) in [6, 6.07) is 4.42. The molecular formula is C11H13N3O3. The van der Waals surface area contributed by atoms with Crippen LogP contribution in [0.5, 0.6) is 0 Å². The highest BCUT2D eigenvalue weighted by Crippen LogP contribution is 2.32. The number of nitro benzene ring substituents is 1. The third-order valence-electron chi connectivity index (χ3n) is 2.81. The van der Waals surface area contributed by atoms with E-state index in [9.17, 15) is 14.9 Å². The van der Waals surface area contributed by atoms with Crippen molar-refractivity contribution in [1.29, 1.82) is 0 Å². The molecule has 0 saturated carbocycles. The molecule has 90 valence electrons. The van der Waals surface area contributed by atoms with E-state index in [1.54, 1.807) is 13.1 Å². The maximum absolute atomic E-state index is 11.8. The van der Waals surface area contributed by atoms with Crippen molar-refractivity contribution in [2.45, 2.75) is 19.4 Å². The largest absolute Gasteiger partial charge is 0.380 e. The lowest BCUT2D eigenvalue weighted by molar-refractivity contribution is -0.384. The summed E-state index contributed by atoms with van der Waals surface area (Å²) in [5.41, 5.74) is 1.32. The van der Waals surface area contributed by atoms with Crippen LogP contribution in [0.2, 0.25) is 0 Å². The van der Waals surface area contributed by atoms with E-state index in [1.165, 1.54) is 17.0 Å². The van der Waals surface area contributed by atoms with Crippen molar-refractivity contribution in [2.24, 2.45) is 0 Å². The van der Waals surface area contributed by atoms with Crippen LogP contribution in [0.25, 0.3) is 0 Å². The van der Waals surface area contributed by atoms with E-state index in [4.69, 9.17) is 0 Å². The molecule has 0 saturated heterocycles. The van der Waals surface area contributed by atoms with E-state index in [1.807, 2.05) is 6.92 Å². The molecule has 0 unspecified atom stereocenters. The molecule has 1 N–H and O–H groups in total. The summed E-state index contributed by atoms with van der Waals surface area (Å²) in [6.45, 7) is 1.87. The molecule has 1 aliphatic rings. The molecule has 0 radical (unpaired) electrons. The molecule has 2 rings (SSSR count). The Bertz CT molecular complexity index is 487. The average Bonchev–Trinajstić information content (AvgIpc) is 2.36. The fourth-order valence-electron chi connectivity index (χ4n) is 1.90. The van der Waals surface area contributed by atoms with Crippen LogP contribution in [0, 0.1) is 10.1 Å². The Hall–Kier alpha value is -2.11. The van der Waals surface area contributed by atoms with Gasteiger partial charge in [-0.3, -0.25) is 14.9 Å². The number of amides is 1. The van der Waals surface area contributed by atoms with Gasteiger partial charge in [0.05, 0.1) is 16.3 Å². The van der Waals surface area contributed by atoms with Crippen LogP contribution in [-0.2, 0) is 4.79 Å². The van der Waals surface area contributed by atoms with E-state index < -0.39 is 4.92 Å². The van der Waals surface area contributed by atoms with Gasteiger partial charge in [-0.15, -0.1) is 0 Å². The lowest BCUT2D eigenvalue weighted by Gasteiger charge is -2.16. The van der Waals surface area contributed by atoms with E-state index >= 15 is 0 Å². The Balaban J connectivity index is 2.50. The summed E-state index contributed by atoms with van der Waals surface area (Å²) in [7, 11) is 1.67. The second-order valence-corrected chi connectivity index (χ2v) is 4.16. The first-order valence-corrected chi connectivity index (χ1v) is 5.30. The van der Waals surface area contributed by atoms with Crippen LogP contribution in [0.15, 0.2) is 18.2 Å². The van der Waals surface area contributed by atoms with E-state index in [-0.39, 0.29) is 17.6 Å². The van der Waals surface area contributed by atoms with Crippen molar-refractivity contribution in [1.82, 2.24) is 0 Å². The number of fused-ring (bicyclic) bond motifs is 1. The number of hydrogen-bond acceptors (Lipinski definition) is 4. The maximum atomic E-state index is 11.8. The molecule has 6 nitrogen and oxygen atoms in total. The van der Waals surface area contributed by atoms with Gasteiger partial charge in [0, 0.05) is 31.6 Å². The summed E-state index contributed by atoms with van der Waals surface area (Å²) < 4.78 is 0. The van der Waals surface area contributed by atoms with Crippen molar-refractivity contribution >= 4 is 23.0 Å². The predicted molar refractivity (Wildman–Crippen MR) is 64.2 cm³/mol. The number of carbonyl (C=O) groups is 1. The predicted octanol–water partition coefficient (Wildman–Crippen LogP) is 1.76. The highest BCUT2D eigenvalue weighted by molar-refractivity contribution is 5.98. The number of rotatable bonds is 1. The number of nitrogens with one attached hydrogen (secondary N) is 1. The average molecular weight is 235 g/mol. The third kappa shape index (κ3) is 2.06. The monoisotopic (exact) mass is 235 g/mol. The summed E-state index contributed by atoms with van der Waals surface area (Å²) in [5, 5.41) is 13.8. The lowest BCUT2D eigenvalue weighted by Crippen LogP contribution is -2.27. The zero-order chi connectivity index (χ0) is 12.6. The maximum Gasteiger partial charge on any atom is 0.271 e. The molecule has 6 heteroatoms. The summed E-state index contributed by atoms with van der Waals surface area (Å²) in [6.07, 6.45) is 0.374. The van der Waals surface area contributed by atoms with Gasteiger partial charge in [0.1, 0.15) is 0 Å². The van der Waals surface area contributed by atoms with Crippen LogP contribution in [0.3, 0.4) is 0 Å². The molecule has 1 aromatic rings. The van der Waals surface area contributed by atoms with Gasteiger partial charge in [-0.25, -0.2) is 0 Å². The van der Waals surface area contributed by atoms with E-state index in [2.05, 4.69) is 5.32 Å². The Labute approximate surface area is 98.4 Å². The molecule has 1 aliphatic heterocycles. The highest BCUT2D eigenvalue weighted by Gasteiger charge is 2.24. The number of benzene rings is 1. The quantitative estimate of drug-likeness (QED) is 0.594. The molecular weight excluding hydrogens is 222 g/mol. The van der Waals surface area contributed by atoms with Crippen molar-refractivity contribution in [3.63, 3.8) is 0 Å². The van der Waals surface area contributed by atoms with Crippen LogP contribution >= 0.6 is 0 Å². The number of nitro groups is 1. The second-order valence-electron chi connectivity index (χ2n) is 4.16. The molecule has 0 aliphatic carbocycles. The van der Waals surface area contributed by atoms with Gasteiger partial charge in [-0.1, -0.05) is 0 Å². The van der Waals surface area contributed by atoms with Crippen molar-refractivity contribution in [2.75, 3.05) is 17.3 Å². The molecule has 1 heterocycles. The van der Waals surface area contributed by atoms with Crippen molar-refractivity contribution < 1.29 is 9.72 Å². The minimum Gasteiger partial charge on any atom is -0.380 e. The van der Waals surface area contributed by atoms with Crippen LogP contribution in [0.1, 0.15) is 13.3 Å². The molecule has 1 atom stereocenters. The zero-order valence-corrected chi connectivity index (χ0v) is 9.64. The first-order valence-electron chi connectivity index (χ1n) is 5.30. The fraction of sp³-hybridized carbons (Fsp3) is 0.364. The summed E-state index contributed by atoms with van der Waals surface area (Å²) in [4.78, 5) is 23.5. The minimum absolute atomic E-state index is 0.00222. The molecule has 0 fully saturated rings. The van der Waals surface area contributed by atoms with Gasteiger partial charge >= 0.3 is 0 Å². The number of non-ortho nitro benzene ring substituents is 1. The lowest BCUT2D eigenvalue weighted by atomic mass is 10.2. The van der Waals surface area contributed by atoms with Gasteiger partial charge in [-0.2, -0.15) is 0 Å². The van der Waals surface area contributed by atoms with E-state index in [0.717, 1.165) is 0 Å². The number of hydrogen-bond donors (Lipinski definition) is 1. The van der Waals surface area contributed by atoms with Crippen molar-refractivity contribution in [3.05, 3.63) is 28.3 Å². The first kappa shape index (κ1) is 11.4. The highest BCUT2D eigenvalue weighted by atomic mass is 16.6. The topological polar surface area (TPSA) is 75.5 Å². The fourth-order valence-corrected chi connectivity index (χ4v) is 1.90. The first-order chi connectivity index (χ1) is 7.99. The van der Waals surface area contributed by atoms with Gasteiger partial charge < -0.3 is 10.2 Å².